The lowest BCUT2D eigenvalue weighted by Crippen LogP contribution is -2.13. The van der Waals surface area contributed by atoms with Crippen molar-refractivity contribution in [3.05, 3.63) is 12.2 Å². The second-order valence-corrected chi connectivity index (χ2v) is 3.93. The number of nitrogens with one attached hydrogen (secondary N) is 1. The molecule has 0 aromatic rings. The number of carbonyl (C=O) groups is 1. The average Bonchev–Trinajstić information content (AvgIpc) is 2.26. The average molecular weight is 211 g/mol. The summed E-state index contributed by atoms with van der Waals surface area (Å²) in [6.45, 7) is 2.24. The van der Waals surface area contributed by atoms with E-state index in [2.05, 4.69) is 12.2 Å². The minimum Gasteiger partial charge on any atom is -0.356 e. The maximum atomic E-state index is 10.8. The lowest BCUT2D eigenvalue weighted by Gasteiger charge is -1.98. The summed E-state index contributed by atoms with van der Waals surface area (Å²) in [6.07, 6.45) is 13.9. The van der Waals surface area contributed by atoms with Crippen molar-refractivity contribution < 1.29 is 4.79 Å². The highest BCUT2D eigenvalue weighted by Gasteiger charge is 1.90. The van der Waals surface area contributed by atoms with Gasteiger partial charge in [-0.2, -0.15) is 0 Å². The maximum Gasteiger partial charge on any atom is 0.243 e. The van der Waals surface area contributed by atoms with E-state index in [1.54, 1.807) is 13.1 Å². The summed E-state index contributed by atoms with van der Waals surface area (Å²) in [5.41, 5.74) is 0. The number of allylic oxidation sites excluding steroid dienone is 1. The third kappa shape index (κ3) is 11.1. The topological polar surface area (TPSA) is 29.1 Å². The van der Waals surface area contributed by atoms with Gasteiger partial charge in [-0.25, -0.2) is 0 Å². The van der Waals surface area contributed by atoms with Crippen LogP contribution in [0.4, 0.5) is 0 Å². The van der Waals surface area contributed by atoms with Crippen molar-refractivity contribution in [3.8, 4) is 0 Å². The number of hydrogen-bond donors (Lipinski definition) is 1. The first-order chi connectivity index (χ1) is 7.31. The zero-order valence-corrected chi connectivity index (χ0v) is 10.2. The van der Waals surface area contributed by atoms with E-state index in [1.165, 1.54) is 44.9 Å². The van der Waals surface area contributed by atoms with Crippen LogP contribution in [0.3, 0.4) is 0 Å². The quantitative estimate of drug-likeness (QED) is 0.459. The molecule has 88 valence electrons. The first-order valence-corrected chi connectivity index (χ1v) is 6.19. The van der Waals surface area contributed by atoms with Crippen LogP contribution in [-0.4, -0.2) is 13.0 Å². The smallest absolute Gasteiger partial charge is 0.243 e. The third-order valence-electron chi connectivity index (χ3n) is 2.49. The molecular weight excluding hydrogens is 186 g/mol. The highest BCUT2D eigenvalue weighted by atomic mass is 16.1. The van der Waals surface area contributed by atoms with Crippen LogP contribution >= 0.6 is 0 Å². The Labute approximate surface area is 94.1 Å². The summed E-state index contributed by atoms with van der Waals surface area (Å²) in [7, 11) is 1.65. The molecule has 0 bridgehead atoms. The number of likely N-dealkylation sites (N-methyl/N-ethyl adjacent to an activating group) is 1. The number of hydrogen-bond acceptors (Lipinski definition) is 1. The molecular formula is C13H25NO. The largest absolute Gasteiger partial charge is 0.356 e. The van der Waals surface area contributed by atoms with Crippen molar-refractivity contribution in [1.29, 1.82) is 0 Å². The summed E-state index contributed by atoms with van der Waals surface area (Å²) >= 11 is 0. The van der Waals surface area contributed by atoms with Crippen molar-refractivity contribution >= 4 is 5.91 Å². The summed E-state index contributed by atoms with van der Waals surface area (Å²) < 4.78 is 0. The molecule has 2 heteroatoms. The zero-order chi connectivity index (χ0) is 11.4. The summed E-state index contributed by atoms with van der Waals surface area (Å²) in [4.78, 5) is 10.8. The summed E-state index contributed by atoms with van der Waals surface area (Å²) in [5, 5.41) is 2.56. The maximum absolute atomic E-state index is 10.8. The normalized spacial score (nSPS) is 10.8. The van der Waals surface area contributed by atoms with Crippen molar-refractivity contribution in [2.24, 2.45) is 0 Å². The number of unbranched alkanes of at least 4 members (excludes halogenated alkanes) is 7. The van der Waals surface area contributed by atoms with Crippen LogP contribution in [0.1, 0.15) is 58.3 Å². The van der Waals surface area contributed by atoms with Gasteiger partial charge in [0.05, 0.1) is 0 Å². The molecule has 0 aliphatic rings. The molecule has 1 N–H and O–H groups in total. The minimum atomic E-state index is -0.00190. The number of amides is 1. The molecule has 0 saturated heterocycles. The van der Waals surface area contributed by atoms with Crippen molar-refractivity contribution in [2.45, 2.75) is 58.3 Å². The van der Waals surface area contributed by atoms with E-state index in [1.807, 2.05) is 6.08 Å². The third-order valence-corrected chi connectivity index (χ3v) is 2.49. The van der Waals surface area contributed by atoms with Crippen LogP contribution in [0.15, 0.2) is 12.2 Å². The molecule has 0 heterocycles. The molecule has 0 aliphatic heterocycles. The highest BCUT2D eigenvalue weighted by Crippen LogP contribution is 2.08. The van der Waals surface area contributed by atoms with Gasteiger partial charge in [-0.05, 0) is 18.9 Å². The molecule has 0 radical (unpaired) electrons. The van der Waals surface area contributed by atoms with Crippen LogP contribution in [0, 0.1) is 0 Å². The molecule has 0 unspecified atom stereocenters. The Balaban J connectivity index is 3.11. The van der Waals surface area contributed by atoms with Crippen LogP contribution < -0.4 is 5.32 Å². The zero-order valence-electron chi connectivity index (χ0n) is 10.2. The van der Waals surface area contributed by atoms with Gasteiger partial charge in [-0.15, -0.1) is 0 Å². The van der Waals surface area contributed by atoms with Gasteiger partial charge < -0.3 is 5.32 Å². The molecule has 15 heavy (non-hydrogen) atoms. The minimum absolute atomic E-state index is 0.00190. The molecule has 0 saturated carbocycles. The van der Waals surface area contributed by atoms with E-state index in [4.69, 9.17) is 0 Å². The number of carbonyl (C=O) groups excluding carboxylic acids is 1. The Bertz CT molecular complexity index is 175. The van der Waals surface area contributed by atoms with Gasteiger partial charge in [0, 0.05) is 7.05 Å². The molecule has 0 rings (SSSR count). The van der Waals surface area contributed by atoms with Crippen LogP contribution in [-0.2, 0) is 4.79 Å². The molecule has 0 aliphatic carbocycles. The van der Waals surface area contributed by atoms with Gasteiger partial charge in [0.25, 0.3) is 0 Å². The Hall–Kier alpha value is -0.790. The van der Waals surface area contributed by atoms with E-state index < -0.39 is 0 Å². The monoisotopic (exact) mass is 211 g/mol. The molecule has 0 aromatic heterocycles. The van der Waals surface area contributed by atoms with Crippen molar-refractivity contribution in [1.82, 2.24) is 5.32 Å². The summed E-state index contributed by atoms with van der Waals surface area (Å²) in [5.74, 6) is -0.00190. The molecule has 2 nitrogen and oxygen atoms in total. The summed E-state index contributed by atoms with van der Waals surface area (Å²) in [6, 6.07) is 0. The molecule has 0 atom stereocenters. The first kappa shape index (κ1) is 14.2. The SMILES string of the molecule is CCCCCCCCCC=CC(=O)NC. The predicted molar refractivity (Wildman–Crippen MR) is 65.8 cm³/mol. The van der Waals surface area contributed by atoms with Gasteiger partial charge in [-0.3, -0.25) is 4.79 Å². The fourth-order valence-electron chi connectivity index (χ4n) is 1.49. The van der Waals surface area contributed by atoms with Crippen LogP contribution in [0.5, 0.6) is 0 Å². The van der Waals surface area contributed by atoms with Gasteiger partial charge >= 0.3 is 0 Å². The van der Waals surface area contributed by atoms with E-state index in [0.29, 0.717) is 0 Å². The van der Waals surface area contributed by atoms with E-state index >= 15 is 0 Å². The van der Waals surface area contributed by atoms with Crippen LogP contribution in [0.25, 0.3) is 0 Å². The highest BCUT2D eigenvalue weighted by molar-refractivity contribution is 5.87. The van der Waals surface area contributed by atoms with E-state index in [-0.39, 0.29) is 5.91 Å². The second kappa shape index (κ2) is 11.3. The van der Waals surface area contributed by atoms with Gasteiger partial charge in [-0.1, -0.05) is 51.5 Å². The lowest BCUT2D eigenvalue weighted by molar-refractivity contribution is -0.116. The molecule has 0 aromatic carbocycles. The fraction of sp³-hybridized carbons (Fsp3) is 0.769. The molecule has 0 spiro atoms. The van der Waals surface area contributed by atoms with Crippen LogP contribution in [0.2, 0.25) is 0 Å². The van der Waals surface area contributed by atoms with E-state index in [0.717, 1.165) is 6.42 Å². The lowest BCUT2D eigenvalue weighted by atomic mass is 10.1. The standard InChI is InChI=1S/C13H25NO/c1-3-4-5-6-7-8-9-10-11-12-13(15)14-2/h11-12H,3-10H2,1-2H3,(H,14,15). The Kier molecular flexibility index (Phi) is 10.7. The van der Waals surface area contributed by atoms with Gasteiger partial charge in [0.15, 0.2) is 0 Å². The predicted octanol–water partition coefficient (Wildman–Crippen LogP) is 3.43. The van der Waals surface area contributed by atoms with Crippen molar-refractivity contribution in [2.75, 3.05) is 7.05 Å². The Morgan fingerprint density at radius 2 is 1.67 bits per heavy atom. The fourth-order valence-corrected chi connectivity index (χ4v) is 1.49. The Morgan fingerprint density at radius 1 is 1.07 bits per heavy atom. The van der Waals surface area contributed by atoms with E-state index in [9.17, 15) is 4.79 Å². The van der Waals surface area contributed by atoms with Crippen molar-refractivity contribution in [3.63, 3.8) is 0 Å². The first-order valence-electron chi connectivity index (χ1n) is 6.19. The Morgan fingerprint density at radius 3 is 2.27 bits per heavy atom. The number of rotatable bonds is 9. The van der Waals surface area contributed by atoms with Gasteiger partial charge in [0.2, 0.25) is 5.91 Å². The van der Waals surface area contributed by atoms with Gasteiger partial charge in [0.1, 0.15) is 0 Å². The molecule has 1 amide bonds. The molecule has 0 fully saturated rings. The second-order valence-electron chi connectivity index (χ2n) is 3.93.